The van der Waals surface area contributed by atoms with Crippen LogP contribution >= 0.6 is 11.3 Å². The Bertz CT molecular complexity index is 1380. The summed E-state index contributed by atoms with van der Waals surface area (Å²) in [6.45, 7) is 3.25. The van der Waals surface area contributed by atoms with Crippen molar-refractivity contribution < 1.29 is 32.3 Å². The molecular formula is C22H22N2O7S2. The van der Waals surface area contributed by atoms with Gasteiger partial charge in [0.15, 0.2) is 14.6 Å². The second-order valence-corrected chi connectivity index (χ2v) is 10.1. The van der Waals surface area contributed by atoms with E-state index in [0.717, 1.165) is 11.3 Å². The van der Waals surface area contributed by atoms with Gasteiger partial charge in [0.05, 0.1) is 40.1 Å². The molecule has 9 nitrogen and oxygen atoms in total. The molecule has 33 heavy (non-hydrogen) atoms. The third kappa shape index (κ3) is 5.37. The normalized spacial score (nSPS) is 12.0. The van der Waals surface area contributed by atoms with E-state index in [4.69, 9.17) is 9.47 Å². The van der Waals surface area contributed by atoms with E-state index in [1.54, 1.807) is 32.0 Å². The molecule has 1 amide bonds. The van der Waals surface area contributed by atoms with Crippen molar-refractivity contribution in [2.45, 2.75) is 25.3 Å². The van der Waals surface area contributed by atoms with E-state index < -0.39 is 27.7 Å². The number of carbonyl (C=O) groups is 3. The Morgan fingerprint density at radius 3 is 2.30 bits per heavy atom. The van der Waals surface area contributed by atoms with Gasteiger partial charge in [-0.15, -0.1) is 0 Å². The number of ether oxygens (including phenoxy) is 2. The lowest BCUT2D eigenvalue weighted by Gasteiger charge is -2.06. The van der Waals surface area contributed by atoms with Gasteiger partial charge in [-0.2, -0.15) is 4.99 Å². The Morgan fingerprint density at radius 2 is 1.70 bits per heavy atom. The van der Waals surface area contributed by atoms with Gasteiger partial charge in [0.1, 0.15) is 6.54 Å². The maximum atomic E-state index is 12.8. The number of rotatable bonds is 7. The molecule has 1 aromatic heterocycles. The first-order chi connectivity index (χ1) is 15.7. The minimum Gasteiger partial charge on any atom is -0.465 e. The average Bonchev–Trinajstić information content (AvgIpc) is 3.14. The summed E-state index contributed by atoms with van der Waals surface area (Å²) in [4.78, 5) is 41.3. The molecule has 1 heterocycles. The molecular weight excluding hydrogens is 468 g/mol. The third-order valence-electron chi connectivity index (χ3n) is 4.73. The summed E-state index contributed by atoms with van der Waals surface area (Å²) in [6, 6.07) is 10.3. The minimum absolute atomic E-state index is 0.0477. The minimum atomic E-state index is -3.39. The molecule has 0 spiro atoms. The fourth-order valence-corrected chi connectivity index (χ4v) is 4.97. The molecule has 3 rings (SSSR count). The Balaban J connectivity index is 2.08. The number of methoxy groups -OCH3 is 1. The Hall–Kier alpha value is -3.31. The fraction of sp³-hybridized carbons (Fsp3) is 0.273. The number of amides is 1. The number of esters is 2. The largest absolute Gasteiger partial charge is 0.465 e. The average molecular weight is 491 g/mol. The second kappa shape index (κ2) is 10.1. The Labute approximate surface area is 194 Å². The highest BCUT2D eigenvalue weighted by Gasteiger charge is 2.16. The zero-order chi connectivity index (χ0) is 24.2. The van der Waals surface area contributed by atoms with Gasteiger partial charge < -0.3 is 14.0 Å². The standard InChI is InChI=1S/C22H22N2O7S2/c1-4-31-19(25)13-24-17-11-8-15(21(27)30-3)12-18(17)32-22(24)23-20(26)14-6-9-16(10-7-14)33(28,29)5-2/h6-12H,4-5,13H2,1-3H3. The van der Waals surface area contributed by atoms with Crippen LogP contribution in [-0.2, 0) is 30.7 Å². The fourth-order valence-electron chi connectivity index (χ4n) is 3.01. The van der Waals surface area contributed by atoms with Crippen molar-refractivity contribution in [3.63, 3.8) is 0 Å². The predicted molar refractivity (Wildman–Crippen MR) is 122 cm³/mol. The number of hydrogen-bond acceptors (Lipinski definition) is 8. The molecule has 3 aromatic rings. The Morgan fingerprint density at radius 1 is 1.03 bits per heavy atom. The predicted octanol–water partition coefficient (Wildman–Crippen LogP) is 2.59. The van der Waals surface area contributed by atoms with Gasteiger partial charge in [-0.25, -0.2) is 13.2 Å². The number of nitrogens with zero attached hydrogens (tertiary/aromatic N) is 2. The van der Waals surface area contributed by atoms with Crippen LogP contribution in [0.5, 0.6) is 0 Å². The van der Waals surface area contributed by atoms with Gasteiger partial charge in [0.2, 0.25) is 0 Å². The molecule has 11 heteroatoms. The van der Waals surface area contributed by atoms with Crippen LogP contribution in [0.15, 0.2) is 52.4 Å². The van der Waals surface area contributed by atoms with E-state index >= 15 is 0 Å². The van der Waals surface area contributed by atoms with Crippen molar-refractivity contribution in [2.24, 2.45) is 4.99 Å². The maximum Gasteiger partial charge on any atom is 0.337 e. The number of hydrogen-bond donors (Lipinski definition) is 0. The SMILES string of the molecule is CCOC(=O)Cn1c(=NC(=O)c2ccc(S(=O)(=O)CC)cc2)sc2cc(C(=O)OC)ccc21. The summed E-state index contributed by atoms with van der Waals surface area (Å²) >= 11 is 1.12. The van der Waals surface area contributed by atoms with Gasteiger partial charge in [0, 0.05) is 5.56 Å². The first kappa shape index (κ1) is 24.3. The molecule has 0 bridgehead atoms. The zero-order valence-corrected chi connectivity index (χ0v) is 19.9. The third-order valence-corrected chi connectivity index (χ3v) is 7.53. The van der Waals surface area contributed by atoms with Gasteiger partial charge in [-0.05, 0) is 49.4 Å². The van der Waals surface area contributed by atoms with E-state index in [0.29, 0.717) is 15.8 Å². The van der Waals surface area contributed by atoms with Crippen LogP contribution in [0.1, 0.15) is 34.6 Å². The summed E-state index contributed by atoms with van der Waals surface area (Å²) in [5.41, 5.74) is 1.11. The highest BCUT2D eigenvalue weighted by Crippen LogP contribution is 2.20. The highest BCUT2D eigenvalue weighted by molar-refractivity contribution is 7.91. The lowest BCUT2D eigenvalue weighted by atomic mass is 10.2. The van der Waals surface area contributed by atoms with Crippen molar-refractivity contribution in [3.8, 4) is 0 Å². The highest BCUT2D eigenvalue weighted by atomic mass is 32.2. The quantitative estimate of drug-likeness (QED) is 0.467. The first-order valence-corrected chi connectivity index (χ1v) is 12.5. The van der Waals surface area contributed by atoms with Crippen molar-refractivity contribution >= 4 is 49.2 Å². The molecule has 2 aromatic carbocycles. The molecule has 0 aliphatic rings. The Kier molecular flexibility index (Phi) is 7.44. The summed E-state index contributed by atoms with van der Waals surface area (Å²) in [5, 5.41) is 0. The van der Waals surface area contributed by atoms with Crippen LogP contribution in [-0.4, -0.2) is 50.3 Å². The molecule has 0 atom stereocenters. The topological polar surface area (TPSA) is 121 Å². The van der Waals surface area contributed by atoms with Gasteiger partial charge >= 0.3 is 11.9 Å². The van der Waals surface area contributed by atoms with Crippen molar-refractivity contribution in [1.29, 1.82) is 0 Å². The lowest BCUT2D eigenvalue weighted by molar-refractivity contribution is -0.143. The number of benzene rings is 2. The molecule has 0 aliphatic heterocycles. The number of thiazole rings is 1. The van der Waals surface area contributed by atoms with Gasteiger partial charge in [-0.1, -0.05) is 18.3 Å². The van der Waals surface area contributed by atoms with Crippen LogP contribution in [0.2, 0.25) is 0 Å². The molecule has 0 N–H and O–H groups in total. The van der Waals surface area contributed by atoms with E-state index in [1.807, 2.05) is 0 Å². The van der Waals surface area contributed by atoms with E-state index in [1.165, 1.54) is 35.9 Å². The summed E-state index contributed by atoms with van der Waals surface area (Å²) in [5.74, 6) is -1.67. The molecule has 0 aliphatic carbocycles. The summed E-state index contributed by atoms with van der Waals surface area (Å²) in [6.07, 6.45) is 0. The summed E-state index contributed by atoms with van der Waals surface area (Å²) < 4.78 is 35.9. The van der Waals surface area contributed by atoms with Crippen LogP contribution in [0.25, 0.3) is 10.2 Å². The summed E-state index contributed by atoms with van der Waals surface area (Å²) in [7, 11) is -2.11. The first-order valence-electron chi connectivity index (χ1n) is 9.99. The molecule has 0 saturated heterocycles. The van der Waals surface area contributed by atoms with Crippen molar-refractivity contribution in [1.82, 2.24) is 4.57 Å². The number of fused-ring (bicyclic) bond motifs is 1. The molecule has 0 fully saturated rings. The van der Waals surface area contributed by atoms with Crippen LogP contribution in [0, 0.1) is 0 Å². The van der Waals surface area contributed by atoms with Crippen molar-refractivity contribution in [3.05, 3.63) is 58.4 Å². The van der Waals surface area contributed by atoms with Crippen LogP contribution < -0.4 is 4.80 Å². The molecule has 174 valence electrons. The molecule has 0 unspecified atom stereocenters. The van der Waals surface area contributed by atoms with Gasteiger partial charge in [-0.3, -0.25) is 9.59 Å². The molecule has 0 saturated carbocycles. The van der Waals surface area contributed by atoms with E-state index in [9.17, 15) is 22.8 Å². The lowest BCUT2D eigenvalue weighted by Crippen LogP contribution is -2.23. The molecule has 0 radical (unpaired) electrons. The maximum absolute atomic E-state index is 12.8. The van der Waals surface area contributed by atoms with E-state index in [-0.39, 0.29) is 34.2 Å². The number of sulfone groups is 1. The van der Waals surface area contributed by atoms with Crippen LogP contribution in [0.4, 0.5) is 0 Å². The second-order valence-electron chi connectivity index (χ2n) is 6.79. The van der Waals surface area contributed by atoms with Crippen molar-refractivity contribution in [2.75, 3.05) is 19.5 Å². The van der Waals surface area contributed by atoms with E-state index in [2.05, 4.69) is 4.99 Å². The number of carbonyl (C=O) groups excluding carboxylic acids is 3. The van der Waals surface area contributed by atoms with Gasteiger partial charge in [0.25, 0.3) is 5.91 Å². The smallest absolute Gasteiger partial charge is 0.337 e. The number of aromatic nitrogens is 1. The zero-order valence-electron chi connectivity index (χ0n) is 18.2. The van der Waals surface area contributed by atoms with Crippen LogP contribution in [0.3, 0.4) is 0 Å². The monoisotopic (exact) mass is 490 g/mol.